The molecule has 0 fully saturated rings. The Kier molecular flexibility index (Phi) is 0.938. The molecule has 0 N–H and O–H groups in total. The van der Waals surface area contributed by atoms with Gasteiger partial charge in [0.25, 0.3) is 0 Å². The van der Waals surface area contributed by atoms with Crippen molar-refractivity contribution in [3.63, 3.8) is 0 Å². The Balaban J connectivity index is 2.89. The Hall–Kier alpha value is -1.79. The molecule has 0 spiro atoms. The Morgan fingerprint density at radius 3 is 2.50 bits per heavy atom. The van der Waals surface area contributed by atoms with Crippen molar-refractivity contribution in [2.45, 2.75) is 0 Å². The summed E-state index contributed by atoms with van der Waals surface area (Å²) in [5, 5.41) is 20.4. The quantitative estimate of drug-likeness (QED) is 0.428. The Morgan fingerprint density at radius 1 is 0.900 bits per heavy atom. The van der Waals surface area contributed by atoms with E-state index in [9.17, 15) is 0 Å². The molecule has 0 saturated carbocycles. The minimum Gasteiger partial charge on any atom is -0.199 e. The van der Waals surface area contributed by atoms with Gasteiger partial charge in [-0.15, -0.1) is 20.4 Å². The summed E-state index contributed by atoms with van der Waals surface area (Å²) in [6.45, 7) is 0. The smallest absolute Gasteiger partial charge is 0.199 e. The van der Waals surface area contributed by atoms with Crippen LogP contribution in [0.4, 0.5) is 0 Å². The molecule has 0 amide bonds. The van der Waals surface area contributed by atoms with Crippen LogP contribution in [0.5, 0.6) is 0 Å². The standard InChI is InChI=1S/C3N7/c1-4-2-3(6-5-1)8-10-9-7-2. The normalized spacial score (nSPS) is 10.0. The highest BCUT2D eigenvalue weighted by atomic mass is 15.4. The molecule has 10 heavy (non-hydrogen) atoms. The molecule has 2 rings (SSSR count). The molecular formula is C3N7. The van der Waals surface area contributed by atoms with Crippen molar-refractivity contribution < 1.29 is 0 Å². The first-order valence-electron chi connectivity index (χ1n) is 2.39. The highest BCUT2D eigenvalue weighted by Crippen LogP contribution is 1.90. The van der Waals surface area contributed by atoms with Gasteiger partial charge in [0.05, 0.1) is 0 Å². The van der Waals surface area contributed by atoms with Crippen LogP contribution in [-0.2, 0) is 0 Å². The van der Waals surface area contributed by atoms with Crippen LogP contribution in [0.2, 0.25) is 0 Å². The van der Waals surface area contributed by atoms with Crippen molar-refractivity contribution in [3.05, 3.63) is 6.33 Å². The molecule has 0 bridgehead atoms. The molecule has 0 saturated heterocycles. The van der Waals surface area contributed by atoms with Gasteiger partial charge in [-0.2, -0.15) is 4.98 Å². The van der Waals surface area contributed by atoms with E-state index in [-0.39, 0.29) is 5.65 Å². The average molecular weight is 134 g/mol. The molecule has 7 nitrogen and oxygen atoms in total. The molecule has 7 heteroatoms. The fourth-order valence-corrected chi connectivity index (χ4v) is 0.491. The van der Waals surface area contributed by atoms with Crippen molar-refractivity contribution in [2.75, 3.05) is 0 Å². The lowest BCUT2D eigenvalue weighted by molar-refractivity contribution is 0.770. The molecule has 0 aliphatic carbocycles. The van der Waals surface area contributed by atoms with Crippen molar-refractivity contribution in [2.24, 2.45) is 0 Å². The second kappa shape index (κ2) is 1.87. The molecule has 47 valence electrons. The zero-order valence-corrected chi connectivity index (χ0v) is 4.63. The minimum atomic E-state index is 0.272. The number of hydrogen-bond donors (Lipinski definition) is 0. The molecule has 0 aromatic carbocycles. The van der Waals surface area contributed by atoms with E-state index in [2.05, 4.69) is 42.1 Å². The summed E-state index contributed by atoms with van der Waals surface area (Å²) >= 11 is 0. The number of hydrogen-bond acceptors (Lipinski definition) is 7. The van der Waals surface area contributed by atoms with Gasteiger partial charge in [-0.05, 0) is 10.4 Å². The Labute approximate surface area is 54.5 Å². The summed E-state index contributed by atoms with van der Waals surface area (Å²) in [6, 6.07) is 0. The fourth-order valence-electron chi connectivity index (χ4n) is 0.491. The van der Waals surface area contributed by atoms with E-state index < -0.39 is 0 Å². The van der Waals surface area contributed by atoms with Crippen LogP contribution in [0, 0.1) is 6.33 Å². The van der Waals surface area contributed by atoms with Gasteiger partial charge in [-0.25, -0.2) is 0 Å². The molecule has 2 aromatic heterocycles. The first kappa shape index (κ1) is 5.03. The molecule has 0 unspecified atom stereocenters. The summed E-state index contributed by atoms with van der Waals surface area (Å²) in [6.07, 6.45) is 2.25. The van der Waals surface area contributed by atoms with Gasteiger partial charge in [0, 0.05) is 0 Å². The van der Waals surface area contributed by atoms with E-state index in [1.165, 1.54) is 0 Å². The summed E-state index contributed by atoms with van der Waals surface area (Å²) < 4.78 is 0. The third-order valence-corrected chi connectivity index (χ3v) is 0.864. The van der Waals surface area contributed by atoms with Gasteiger partial charge >= 0.3 is 0 Å². The summed E-state index contributed by atoms with van der Waals surface area (Å²) in [4.78, 5) is 3.61. The third-order valence-electron chi connectivity index (χ3n) is 0.864. The highest BCUT2D eigenvalue weighted by molar-refractivity contribution is 5.60. The Bertz CT molecular complexity index is 280. The van der Waals surface area contributed by atoms with Crippen molar-refractivity contribution in [3.8, 4) is 0 Å². The zero-order valence-electron chi connectivity index (χ0n) is 4.63. The van der Waals surface area contributed by atoms with Crippen LogP contribution in [0.3, 0.4) is 0 Å². The van der Waals surface area contributed by atoms with E-state index in [4.69, 9.17) is 0 Å². The fraction of sp³-hybridized carbons (Fsp3) is 0. The zero-order chi connectivity index (χ0) is 6.81. The molecule has 0 atom stereocenters. The predicted octanol–water partition coefficient (Wildman–Crippen LogP) is -1.60. The second-order valence-corrected chi connectivity index (χ2v) is 1.44. The van der Waals surface area contributed by atoms with E-state index in [1.807, 2.05) is 0 Å². The van der Waals surface area contributed by atoms with Crippen LogP contribution in [-0.4, -0.2) is 35.8 Å². The van der Waals surface area contributed by atoms with Crippen molar-refractivity contribution in [1.29, 1.82) is 0 Å². The van der Waals surface area contributed by atoms with Gasteiger partial charge in [0.15, 0.2) is 0 Å². The maximum absolute atomic E-state index is 3.61. The average Bonchev–Trinajstić information content (AvgIpc) is 2.05. The highest BCUT2D eigenvalue weighted by Gasteiger charge is 1.96. The van der Waals surface area contributed by atoms with Gasteiger partial charge in [0.2, 0.25) is 17.6 Å². The minimum absolute atomic E-state index is 0.272. The number of nitrogens with zero attached hydrogens (tertiary/aromatic N) is 7. The first-order chi connectivity index (χ1) is 4.97. The van der Waals surface area contributed by atoms with Gasteiger partial charge < -0.3 is 0 Å². The molecule has 0 aliphatic heterocycles. The summed E-state index contributed by atoms with van der Waals surface area (Å²) in [7, 11) is 0. The van der Waals surface area contributed by atoms with Crippen LogP contribution in [0.25, 0.3) is 11.3 Å². The topological polar surface area (TPSA) is 90.2 Å². The largest absolute Gasteiger partial charge is 0.244 e. The van der Waals surface area contributed by atoms with E-state index in [1.54, 1.807) is 0 Å². The first-order valence-corrected chi connectivity index (χ1v) is 2.39. The Morgan fingerprint density at radius 2 is 1.70 bits per heavy atom. The van der Waals surface area contributed by atoms with E-state index in [0.717, 1.165) is 0 Å². The summed E-state index contributed by atoms with van der Waals surface area (Å²) in [5.41, 5.74) is 0.568. The molecule has 2 aromatic rings. The number of aromatic nitrogens is 7. The van der Waals surface area contributed by atoms with Crippen molar-refractivity contribution >= 4 is 11.3 Å². The lowest BCUT2D eigenvalue weighted by Gasteiger charge is -1.84. The third kappa shape index (κ3) is 0.642. The van der Waals surface area contributed by atoms with Crippen LogP contribution >= 0.6 is 0 Å². The molecule has 0 aliphatic rings. The lowest BCUT2D eigenvalue weighted by atomic mass is 10.7. The lowest BCUT2D eigenvalue weighted by Crippen LogP contribution is -1.97. The molecular weight excluding hydrogens is 134 g/mol. The SMILES string of the molecule is [c]1nnc2nnnnc2n1. The second-order valence-electron chi connectivity index (χ2n) is 1.44. The molecule has 1 radical (unpaired) electrons. The molecule has 2 heterocycles. The monoisotopic (exact) mass is 134 g/mol. The maximum atomic E-state index is 3.61. The van der Waals surface area contributed by atoms with Crippen LogP contribution < -0.4 is 0 Å². The maximum Gasteiger partial charge on any atom is 0.244 e. The van der Waals surface area contributed by atoms with E-state index in [0.29, 0.717) is 5.65 Å². The van der Waals surface area contributed by atoms with Gasteiger partial charge in [0.1, 0.15) is 0 Å². The van der Waals surface area contributed by atoms with Gasteiger partial charge in [-0.1, -0.05) is 0 Å². The number of rotatable bonds is 0. The number of fused-ring (bicyclic) bond motifs is 1. The summed E-state index contributed by atoms with van der Waals surface area (Å²) in [5.74, 6) is 0. The predicted molar refractivity (Wildman–Crippen MR) is 27.3 cm³/mol. The van der Waals surface area contributed by atoms with Crippen LogP contribution in [0.15, 0.2) is 0 Å². The van der Waals surface area contributed by atoms with Gasteiger partial charge in [-0.3, -0.25) is 0 Å². The van der Waals surface area contributed by atoms with E-state index >= 15 is 0 Å². The van der Waals surface area contributed by atoms with Crippen molar-refractivity contribution in [1.82, 2.24) is 35.8 Å². The van der Waals surface area contributed by atoms with Crippen LogP contribution in [0.1, 0.15) is 0 Å².